The van der Waals surface area contributed by atoms with Gasteiger partial charge in [0.25, 0.3) is 0 Å². The van der Waals surface area contributed by atoms with Crippen molar-refractivity contribution < 1.29 is 13.2 Å². The average Bonchev–Trinajstić information content (AvgIpc) is 2.27. The van der Waals surface area contributed by atoms with Crippen LogP contribution in [0.1, 0.15) is 33.6 Å². The molecule has 18 heavy (non-hydrogen) atoms. The molecule has 1 heterocycles. The number of carbonyl (C=O) groups excluding carboxylic acids is 1. The van der Waals surface area contributed by atoms with E-state index in [0.29, 0.717) is 13.1 Å². The Hall–Kier alpha value is -0.620. The van der Waals surface area contributed by atoms with Gasteiger partial charge in [0.2, 0.25) is 5.91 Å². The number of hydrogen-bond acceptors (Lipinski definition) is 4. The topological polar surface area (TPSA) is 80.5 Å². The fraction of sp³-hybridized carbons (Fsp3) is 0.917. The van der Waals surface area contributed by atoms with Gasteiger partial charge in [-0.1, -0.05) is 0 Å². The Kier molecular flexibility index (Phi) is 4.43. The normalized spacial score (nSPS) is 26.2. The van der Waals surface area contributed by atoms with Crippen LogP contribution in [0, 0.1) is 5.92 Å². The lowest BCUT2D eigenvalue weighted by molar-refractivity contribution is -0.137. The van der Waals surface area contributed by atoms with Gasteiger partial charge in [-0.05, 0) is 46.1 Å². The summed E-state index contributed by atoms with van der Waals surface area (Å²) in [4.78, 5) is 14.1. The first-order valence-electron chi connectivity index (χ1n) is 6.32. The molecule has 1 aliphatic heterocycles. The van der Waals surface area contributed by atoms with Crippen molar-refractivity contribution in [3.8, 4) is 0 Å². The molecule has 1 rings (SSSR count). The van der Waals surface area contributed by atoms with Crippen LogP contribution in [-0.4, -0.2) is 49.4 Å². The van der Waals surface area contributed by atoms with Gasteiger partial charge in [0.1, 0.15) is 4.75 Å². The third-order valence-corrected chi connectivity index (χ3v) is 6.04. The monoisotopic (exact) mass is 276 g/mol. The number of rotatable bonds is 3. The van der Waals surface area contributed by atoms with E-state index >= 15 is 0 Å². The van der Waals surface area contributed by atoms with Crippen molar-refractivity contribution in [1.29, 1.82) is 0 Å². The molecule has 2 atom stereocenters. The Morgan fingerprint density at radius 2 is 1.94 bits per heavy atom. The number of nitrogens with zero attached hydrogens (tertiary/aromatic N) is 1. The first kappa shape index (κ1) is 15.4. The largest absolute Gasteiger partial charge is 0.338 e. The molecule has 1 fully saturated rings. The lowest BCUT2D eigenvalue weighted by Crippen LogP contribution is -2.56. The molecule has 0 bridgehead atoms. The molecule has 106 valence electrons. The van der Waals surface area contributed by atoms with Crippen LogP contribution < -0.4 is 5.73 Å². The molecule has 0 aromatic rings. The van der Waals surface area contributed by atoms with Crippen molar-refractivity contribution in [2.24, 2.45) is 11.7 Å². The maximum atomic E-state index is 12.4. The molecule has 6 heteroatoms. The Labute approximate surface area is 110 Å². The zero-order valence-electron chi connectivity index (χ0n) is 11.6. The lowest BCUT2D eigenvalue weighted by Gasteiger charge is -2.41. The summed E-state index contributed by atoms with van der Waals surface area (Å²) in [6.07, 6.45) is 2.99. The summed E-state index contributed by atoms with van der Waals surface area (Å²) >= 11 is 0. The fourth-order valence-corrected chi connectivity index (χ4v) is 2.60. The molecule has 5 nitrogen and oxygen atoms in total. The second kappa shape index (κ2) is 5.17. The highest BCUT2D eigenvalue weighted by Crippen LogP contribution is 2.26. The molecule has 0 spiro atoms. The van der Waals surface area contributed by atoms with Crippen LogP contribution in [0.4, 0.5) is 0 Å². The minimum Gasteiger partial charge on any atom is -0.338 e. The van der Waals surface area contributed by atoms with E-state index in [4.69, 9.17) is 5.73 Å². The second-order valence-electron chi connectivity index (χ2n) is 5.77. The van der Waals surface area contributed by atoms with E-state index in [1.54, 1.807) is 4.90 Å². The van der Waals surface area contributed by atoms with Gasteiger partial charge in [0.15, 0.2) is 9.84 Å². The SMILES string of the molecule is CC1CCC(CN)CN1C(=O)C(C)(C)S(C)(=O)=O. The first-order valence-corrected chi connectivity index (χ1v) is 8.21. The van der Waals surface area contributed by atoms with E-state index in [1.165, 1.54) is 13.8 Å². The number of nitrogens with two attached hydrogens (primary N) is 1. The summed E-state index contributed by atoms with van der Waals surface area (Å²) < 4.78 is 22.1. The van der Waals surface area contributed by atoms with Gasteiger partial charge in [-0.2, -0.15) is 0 Å². The molecule has 0 aromatic carbocycles. The summed E-state index contributed by atoms with van der Waals surface area (Å²) in [5, 5.41) is 0. The van der Waals surface area contributed by atoms with Gasteiger partial charge in [-0.3, -0.25) is 4.79 Å². The zero-order chi connectivity index (χ0) is 14.1. The molecule has 0 saturated carbocycles. The van der Waals surface area contributed by atoms with Crippen molar-refractivity contribution in [3.05, 3.63) is 0 Å². The molecule has 0 aliphatic carbocycles. The maximum absolute atomic E-state index is 12.4. The van der Waals surface area contributed by atoms with E-state index in [-0.39, 0.29) is 17.9 Å². The number of piperidine rings is 1. The predicted octanol–water partition coefficient (Wildman–Crippen LogP) is 0.395. The quantitative estimate of drug-likeness (QED) is 0.809. The molecule has 0 radical (unpaired) electrons. The highest BCUT2D eigenvalue weighted by Gasteiger charge is 2.43. The van der Waals surface area contributed by atoms with Crippen molar-refractivity contribution in [1.82, 2.24) is 4.90 Å². The average molecular weight is 276 g/mol. The van der Waals surface area contributed by atoms with Gasteiger partial charge in [-0.25, -0.2) is 8.42 Å². The number of likely N-dealkylation sites (tertiary alicyclic amines) is 1. The highest BCUT2D eigenvalue weighted by atomic mass is 32.2. The molecule has 2 unspecified atom stereocenters. The Morgan fingerprint density at radius 3 is 2.39 bits per heavy atom. The van der Waals surface area contributed by atoms with Crippen LogP contribution >= 0.6 is 0 Å². The highest BCUT2D eigenvalue weighted by molar-refractivity contribution is 7.92. The third kappa shape index (κ3) is 2.85. The molecular weight excluding hydrogens is 252 g/mol. The van der Waals surface area contributed by atoms with Gasteiger partial charge < -0.3 is 10.6 Å². The van der Waals surface area contributed by atoms with Gasteiger partial charge >= 0.3 is 0 Å². The van der Waals surface area contributed by atoms with Gasteiger partial charge in [0.05, 0.1) is 0 Å². The number of hydrogen-bond donors (Lipinski definition) is 1. The summed E-state index contributed by atoms with van der Waals surface area (Å²) in [5.41, 5.74) is 5.65. The Morgan fingerprint density at radius 1 is 1.39 bits per heavy atom. The Balaban J connectivity index is 2.95. The van der Waals surface area contributed by atoms with Crippen LogP contribution in [-0.2, 0) is 14.6 Å². The van der Waals surface area contributed by atoms with Crippen LogP contribution in [0.5, 0.6) is 0 Å². The van der Waals surface area contributed by atoms with Crippen molar-refractivity contribution >= 4 is 15.7 Å². The number of carbonyl (C=O) groups is 1. The van der Waals surface area contributed by atoms with E-state index in [1.807, 2.05) is 6.92 Å². The number of amides is 1. The van der Waals surface area contributed by atoms with Gasteiger partial charge in [-0.15, -0.1) is 0 Å². The molecule has 2 N–H and O–H groups in total. The maximum Gasteiger partial charge on any atom is 0.243 e. The smallest absolute Gasteiger partial charge is 0.243 e. The standard InChI is InChI=1S/C12H24N2O3S/c1-9-5-6-10(7-13)8-14(9)11(15)12(2,3)18(4,16)17/h9-10H,5-8,13H2,1-4H3. The van der Waals surface area contributed by atoms with Crippen LogP contribution in [0.15, 0.2) is 0 Å². The van der Waals surface area contributed by atoms with E-state index in [0.717, 1.165) is 19.1 Å². The molecular formula is C12H24N2O3S. The third-order valence-electron chi connectivity index (χ3n) is 4.02. The Bertz CT molecular complexity index is 417. The van der Waals surface area contributed by atoms with E-state index in [9.17, 15) is 13.2 Å². The van der Waals surface area contributed by atoms with Crippen molar-refractivity contribution in [2.45, 2.75) is 44.4 Å². The van der Waals surface area contributed by atoms with Crippen molar-refractivity contribution in [3.63, 3.8) is 0 Å². The second-order valence-corrected chi connectivity index (χ2v) is 8.33. The summed E-state index contributed by atoms with van der Waals surface area (Å²) in [6.45, 7) is 6.02. The summed E-state index contributed by atoms with van der Waals surface area (Å²) in [5.74, 6) is -0.0313. The minimum atomic E-state index is -3.42. The number of sulfone groups is 1. The van der Waals surface area contributed by atoms with Crippen LogP contribution in [0.3, 0.4) is 0 Å². The summed E-state index contributed by atoms with van der Waals surface area (Å²) in [7, 11) is -3.42. The zero-order valence-corrected chi connectivity index (χ0v) is 12.5. The van der Waals surface area contributed by atoms with Crippen molar-refractivity contribution in [2.75, 3.05) is 19.3 Å². The molecule has 1 saturated heterocycles. The molecule has 0 aromatic heterocycles. The van der Waals surface area contributed by atoms with E-state index < -0.39 is 14.6 Å². The van der Waals surface area contributed by atoms with Crippen LogP contribution in [0.25, 0.3) is 0 Å². The first-order chi connectivity index (χ1) is 8.11. The fourth-order valence-electron chi connectivity index (χ4n) is 2.16. The predicted molar refractivity (Wildman–Crippen MR) is 71.9 cm³/mol. The molecule has 1 aliphatic rings. The van der Waals surface area contributed by atoms with Crippen LogP contribution in [0.2, 0.25) is 0 Å². The summed E-state index contributed by atoms with van der Waals surface area (Å²) in [6, 6.07) is 0.0846. The van der Waals surface area contributed by atoms with Gasteiger partial charge in [0, 0.05) is 18.8 Å². The minimum absolute atomic E-state index is 0.0846. The lowest BCUT2D eigenvalue weighted by atomic mass is 9.92. The van der Waals surface area contributed by atoms with E-state index in [2.05, 4.69) is 0 Å². The molecule has 1 amide bonds.